The van der Waals surface area contributed by atoms with E-state index in [-0.39, 0.29) is 17.6 Å². The van der Waals surface area contributed by atoms with Gasteiger partial charge in [-0.15, -0.1) is 10.2 Å². The van der Waals surface area contributed by atoms with Gasteiger partial charge in [-0.25, -0.2) is 0 Å². The first-order valence-electron chi connectivity index (χ1n) is 9.65. The van der Waals surface area contributed by atoms with Crippen LogP contribution in [-0.2, 0) is 11.3 Å². The van der Waals surface area contributed by atoms with Crippen LogP contribution >= 0.6 is 11.8 Å². The first kappa shape index (κ1) is 21.5. The SMILES string of the molecule is CC(C)[C@](C)(C#N)NC(=O)CSc1nnc(-c2cccnc2)n1Cc1ccccc1. The molecule has 0 saturated carbocycles. The summed E-state index contributed by atoms with van der Waals surface area (Å²) < 4.78 is 1.98. The molecule has 3 rings (SSSR count). The van der Waals surface area contributed by atoms with Crippen LogP contribution in [0.2, 0.25) is 0 Å². The van der Waals surface area contributed by atoms with E-state index in [9.17, 15) is 10.1 Å². The molecule has 2 heterocycles. The van der Waals surface area contributed by atoms with Crippen molar-refractivity contribution in [1.82, 2.24) is 25.1 Å². The topological polar surface area (TPSA) is 96.5 Å². The Balaban J connectivity index is 1.82. The summed E-state index contributed by atoms with van der Waals surface area (Å²) in [4.78, 5) is 16.7. The van der Waals surface area contributed by atoms with Crippen LogP contribution in [0.4, 0.5) is 0 Å². The van der Waals surface area contributed by atoms with Crippen LogP contribution in [0.3, 0.4) is 0 Å². The highest BCUT2D eigenvalue weighted by atomic mass is 32.2. The number of thioether (sulfide) groups is 1. The Labute approximate surface area is 180 Å². The van der Waals surface area contributed by atoms with Crippen molar-refractivity contribution in [3.63, 3.8) is 0 Å². The lowest BCUT2D eigenvalue weighted by atomic mass is 9.90. The lowest BCUT2D eigenvalue weighted by molar-refractivity contribution is -0.120. The first-order chi connectivity index (χ1) is 14.4. The monoisotopic (exact) mass is 420 g/mol. The second kappa shape index (κ2) is 9.55. The van der Waals surface area contributed by atoms with Crippen LogP contribution in [0.25, 0.3) is 11.4 Å². The minimum atomic E-state index is -0.907. The Morgan fingerprint density at radius 3 is 2.63 bits per heavy atom. The van der Waals surface area contributed by atoms with Gasteiger partial charge in [0.1, 0.15) is 5.54 Å². The fourth-order valence-corrected chi connectivity index (χ4v) is 3.51. The number of nitriles is 1. The lowest BCUT2D eigenvalue weighted by Gasteiger charge is -2.27. The van der Waals surface area contributed by atoms with Gasteiger partial charge in [-0.3, -0.25) is 14.3 Å². The molecule has 0 aliphatic heterocycles. The third kappa shape index (κ3) is 5.05. The molecular weight excluding hydrogens is 396 g/mol. The molecule has 7 nitrogen and oxygen atoms in total. The van der Waals surface area contributed by atoms with Gasteiger partial charge in [0.2, 0.25) is 5.91 Å². The predicted molar refractivity (Wildman–Crippen MR) is 117 cm³/mol. The Kier molecular flexibility index (Phi) is 6.85. The summed E-state index contributed by atoms with van der Waals surface area (Å²) in [6.45, 7) is 6.13. The fraction of sp³-hybridized carbons (Fsp3) is 0.318. The third-order valence-electron chi connectivity index (χ3n) is 4.94. The zero-order chi connectivity index (χ0) is 21.6. The second-order valence-electron chi connectivity index (χ2n) is 7.43. The van der Waals surface area contributed by atoms with E-state index in [0.717, 1.165) is 11.1 Å². The lowest BCUT2D eigenvalue weighted by Crippen LogP contribution is -2.49. The average Bonchev–Trinajstić information content (AvgIpc) is 3.15. The molecule has 1 atom stereocenters. The standard InChI is InChI=1S/C22H24N6OS/c1-16(2)22(3,15-23)25-19(29)14-30-21-27-26-20(18-10-7-11-24-12-18)28(21)13-17-8-5-4-6-9-17/h4-12,16H,13-14H2,1-3H3,(H,25,29)/t22-/m0/s1. The molecule has 0 bridgehead atoms. The van der Waals surface area contributed by atoms with Crippen molar-refractivity contribution < 1.29 is 4.79 Å². The summed E-state index contributed by atoms with van der Waals surface area (Å²) >= 11 is 1.30. The number of aromatic nitrogens is 4. The van der Waals surface area contributed by atoms with E-state index in [1.165, 1.54) is 11.8 Å². The number of hydrogen-bond donors (Lipinski definition) is 1. The Bertz CT molecular complexity index is 1030. The van der Waals surface area contributed by atoms with E-state index in [2.05, 4.69) is 26.6 Å². The minimum Gasteiger partial charge on any atom is -0.337 e. The number of pyridine rings is 1. The number of rotatable bonds is 8. The largest absolute Gasteiger partial charge is 0.337 e. The van der Waals surface area contributed by atoms with Crippen molar-refractivity contribution in [2.75, 3.05) is 5.75 Å². The van der Waals surface area contributed by atoms with E-state index >= 15 is 0 Å². The van der Waals surface area contributed by atoms with Crippen molar-refractivity contribution in [2.45, 2.75) is 38.0 Å². The summed E-state index contributed by atoms with van der Waals surface area (Å²) in [5.41, 5.74) is 1.05. The van der Waals surface area contributed by atoms with Crippen LogP contribution in [0.1, 0.15) is 26.3 Å². The number of benzene rings is 1. The van der Waals surface area contributed by atoms with Crippen LogP contribution in [0.5, 0.6) is 0 Å². The molecule has 1 N–H and O–H groups in total. The van der Waals surface area contributed by atoms with Gasteiger partial charge in [-0.1, -0.05) is 55.9 Å². The molecule has 0 fully saturated rings. The highest BCUT2D eigenvalue weighted by molar-refractivity contribution is 7.99. The molecule has 0 radical (unpaired) electrons. The number of carbonyl (C=O) groups excluding carboxylic acids is 1. The fourth-order valence-electron chi connectivity index (χ4n) is 2.77. The summed E-state index contributed by atoms with van der Waals surface area (Å²) in [7, 11) is 0. The van der Waals surface area contributed by atoms with Crippen molar-refractivity contribution in [2.24, 2.45) is 5.92 Å². The molecule has 1 amide bonds. The van der Waals surface area contributed by atoms with Crippen LogP contribution < -0.4 is 5.32 Å². The molecule has 2 aromatic heterocycles. The molecular formula is C22H24N6OS. The van der Waals surface area contributed by atoms with Gasteiger partial charge in [0.05, 0.1) is 18.4 Å². The summed E-state index contributed by atoms with van der Waals surface area (Å²) in [5.74, 6) is 0.619. The molecule has 154 valence electrons. The number of hydrogen-bond acceptors (Lipinski definition) is 6. The Hall–Kier alpha value is -3.18. The molecule has 30 heavy (non-hydrogen) atoms. The molecule has 1 aromatic carbocycles. The number of nitrogens with zero attached hydrogens (tertiary/aromatic N) is 5. The third-order valence-corrected chi connectivity index (χ3v) is 5.91. The molecule has 8 heteroatoms. The van der Waals surface area contributed by atoms with Crippen molar-refractivity contribution in [3.8, 4) is 17.5 Å². The Morgan fingerprint density at radius 2 is 2.00 bits per heavy atom. The predicted octanol–water partition coefficient (Wildman–Crippen LogP) is 3.53. The molecule has 0 aliphatic rings. The van der Waals surface area contributed by atoms with Crippen molar-refractivity contribution >= 4 is 17.7 Å². The van der Waals surface area contributed by atoms with Crippen molar-refractivity contribution in [1.29, 1.82) is 5.26 Å². The second-order valence-corrected chi connectivity index (χ2v) is 8.37. The van der Waals surface area contributed by atoms with E-state index < -0.39 is 5.54 Å². The maximum Gasteiger partial charge on any atom is 0.231 e. The maximum atomic E-state index is 12.5. The number of nitrogens with one attached hydrogen (secondary N) is 1. The van der Waals surface area contributed by atoms with Gasteiger partial charge in [0.15, 0.2) is 11.0 Å². The van der Waals surface area contributed by atoms with Gasteiger partial charge in [0, 0.05) is 18.0 Å². The zero-order valence-electron chi connectivity index (χ0n) is 17.2. The molecule has 3 aromatic rings. The van der Waals surface area contributed by atoms with Crippen molar-refractivity contribution in [3.05, 3.63) is 60.4 Å². The smallest absolute Gasteiger partial charge is 0.231 e. The quantitative estimate of drug-likeness (QED) is 0.560. The molecule has 0 unspecified atom stereocenters. The number of amides is 1. The summed E-state index contributed by atoms with van der Waals surface area (Å²) in [5, 5.41) is 21.6. The van der Waals surface area contributed by atoms with Gasteiger partial charge in [-0.2, -0.15) is 5.26 Å². The minimum absolute atomic E-state index is 0.00429. The van der Waals surface area contributed by atoms with Crippen LogP contribution in [-0.4, -0.2) is 36.9 Å². The van der Waals surface area contributed by atoms with Gasteiger partial charge < -0.3 is 5.32 Å². The maximum absolute atomic E-state index is 12.5. The highest BCUT2D eigenvalue weighted by Gasteiger charge is 2.30. The van der Waals surface area contributed by atoms with E-state index in [4.69, 9.17) is 0 Å². The zero-order valence-corrected chi connectivity index (χ0v) is 18.1. The van der Waals surface area contributed by atoms with Gasteiger partial charge in [0.25, 0.3) is 0 Å². The highest BCUT2D eigenvalue weighted by Crippen LogP contribution is 2.25. The molecule has 0 spiro atoms. The van der Waals surface area contributed by atoms with E-state index in [1.54, 1.807) is 19.3 Å². The Morgan fingerprint density at radius 1 is 1.23 bits per heavy atom. The van der Waals surface area contributed by atoms with Crippen LogP contribution in [0, 0.1) is 17.2 Å². The summed E-state index contributed by atoms with van der Waals surface area (Å²) in [6.07, 6.45) is 3.45. The normalized spacial score (nSPS) is 12.9. The molecule has 0 saturated heterocycles. The molecule has 0 aliphatic carbocycles. The van der Waals surface area contributed by atoms with Crippen LogP contribution in [0.15, 0.2) is 60.0 Å². The summed E-state index contributed by atoms with van der Waals surface area (Å²) in [6, 6.07) is 16.0. The van der Waals surface area contributed by atoms with Gasteiger partial charge in [-0.05, 0) is 30.5 Å². The van der Waals surface area contributed by atoms with Gasteiger partial charge >= 0.3 is 0 Å². The first-order valence-corrected chi connectivity index (χ1v) is 10.6. The number of carbonyl (C=O) groups is 1. The average molecular weight is 421 g/mol. The van der Waals surface area contributed by atoms with E-state index in [1.807, 2.05) is 60.9 Å². The van der Waals surface area contributed by atoms with E-state index in [0.29, 0.717) is 17.5 Å².